The molecule has 3 aromatic rings. The van der Waals surface area contributed by atoms with Crippen molar-refractivity contribution in [2.24, 2.45) is 5.10 Å². The van der Waals surface area contributed by atoms with Crippen molar-refractivity contribution >= 4 is 12.1 Å². The maximum absolute atomic E-state index is 13.5. The maximum Gasteiger partial charge on any atom is 0.276 e. The van der Waals surface area contributed by atoms with Gasteiger partial charge in [-0.1, -0.05) is 48.0 Å². The third-order valence-corrected chi connectivity index (χ3v) is 3.98. The molecule has 1 N–H and O–H groups in total. The van der Waals surface area contributed by atoms with E-state index in [2.05, 4.69) is 10.5 Å². The normalized spacial score (nSPS) is 10.9. The first-order valence-electron chi connectivity index (χ1n) is 8.37. The zero-order chi connectivity index (χ0) is 19.2. The molecule has 0 aliphatic heterocycles. The lowest BCUT2D eigenvalue weighted by molar-refractivity contribution is 0.0953. The molecule has 27 heavy (non-hydrogen) atoms. The second-order valence-electron chi connectivity index (χ2n) is 6.06. The van der Waals surface area contributed by atoms with Crippen LogP contribution in [-0.2, 0) is 6.54 Å². The Labute approximate surface area is 155 Å². The van der Waals surface area contributed by atoms with Gasteiger partial charge in [-0.15, -0.1) is 0 Å². The van der Waals surface area contributed by atoms with Crippen LogP contribution in [0.4, 0.5) is 4.39 Å². The summed E-state index contributed by atoms with van der Waals surface area (Å²) in [4.78, 5) is 24.8. The van der Waals surface area contributed by atoms with Crippen molar-refractivity contribution in [1.29, 1.82) is 0 Å². The summed E-state index contributed by atoms with van der Waals surface area (Å²) in [5.74, 6) is -1.10. The van der Waals surface area contributed by atoms with Crippen LogP contribution in [0.1, 0.15) is 27.0 Å². The summed E-state index contributed by atoms with van der Waals surface area (Å²) in [6.45, 7) is 2.34. The number of rotatable bonds is 5. The number of benzene rings is 2. The zero-order valence-corrected chi connectivity index (χ0v) is 14.7. The molecule has 2 aromatic carbocycles. The van der Waals surface area contributed by atoms with Gasteiger partial charge in [-0.05, 0) is 30.7 Å². The van der Waals surface area contributed by atoms with E-state index >= 15 is 0 Å². The lowest BCUT2D eigenvalue weighted by Gasteiger charge is -2.08. The van der Waals surface area contributed by atoms with E-state index < -0.39 is 17.3 Å². The van der Waals surface area contributed by atoms with Crippen molar-refractivity contribution < 1.29 is 9.18 Å². The van der Waals surface area contributed by atoms with Crippen molar-refractivity contribution in [1.82, 2.24) is 9.99 Å². The molecule has 0 aliphatic rings. The van der Waals surface area contributed by atoms with Crippen molar-refractivity contribution in [3.8, 4) is 0 Å². The standard InChI is InChI=1S/C21H18FN3O2/c1-15-6-4-7-16(12-15)14-25-11-5-9-18(21(25)27)20(26)24-23-13-17-8-2-3-10-19(17)22/h2-13H,14H2,1H3,(H,24,26)/b23-13-. The SMILES string of the molecule is Cc1cccc(Cn2cccc(C(=O)N/N=C\c3ccccc3F)c2=O)c1. The second kappa shape index (κ2) is 8.23. The van der Waals surface area contributed by atoms with E-state index in [0.717, 1.165) is 11.1 Å². The van der Waals surface area contributed by atoms with Crippen LogP contribution in [-0.4, -0.2) is 16.7 Å². The Bertz CT molecular complexity index is 1060. The highest BCUT2D eigenvalue weighted by molar-refractivity contribution is 5.94. The van der Waals surface area contributed by atoms with Crippen LogP contribution in [0.2, 0.25) is 0 Å². The Kier molecular flexibility index (Phi) is 5.56. The molecule has 0 aliphatic carbocycles. The summed E-state index contributed by atoms with van der Waals surface area (Å²) in [5, 5.41) is 3.73. The fraction of sp³-hybridized carbons (Fsp3) is 0.0952. The van der Waals surface area contributed by atoms with E-state index in [1.54, 1.807) is 24.4 Å². The van der Waals surface area contributed by atoms with Gasteiger partial charge in [0, 0.05) is 11.8 Å². The third kappa shape index (κ3) is 4.55. The van der Waals surface area contributed by atoms with Crippen molar-refractivity contribution in [2.45, 2.75) is 13.5 Å². The highest BCUT2D eigenvalue weighted by Crippen LogP contribution is 2.06. The van der Waals surface area contributed by atoms with Gasteiger partial charge in [-0.2, -0.15) is 5.10 Å². The number of halogens is 1. The van der Waals surface area contributed by atoms with Gasteiger partial charge in [-0.3, -0.25) is 9.59 Å². The summed E-state index contributed by atoms with van der Waals surface area (Å²) in [7, 11) is 0. The molecule has 1 heterocycles. The van der Waals surface area contributed by atoms with Gasteiger partial charge in [0.05, 0.1) is 12.8 Å². The van der Waals surface area contributed by atoms with Gasteiger partial charge >= 0.3 is 0 Å². The van der Waals surface area contributed by atoms with Gasteiger partial charge in [0.25, 0.3) is 11.5 Å². The van der Waals surface area contributed by atoms with Crippen LogP contribution in [0.3, 0.4) is 0 Å². The van der Waals surface area contributed by atoms with Gasteiger partial charge in [0.1, 0.15) is 11.4 Å². The minimum absolute atomic E-state index is 0.0316. The number of nitrogens with one attached hydrogen (secondary N) is 1. The molecular formula is C21H18FN3O2. The first-order valence-corrected chi connectivity index (χ1v) is 8.37. The van der Waals surface area contributed by atoms with E-state index in [4.69, 9.17) is 0 Å². The quantitative estimate of drug-likeness (QED) is 0.559. The Morgan fingerprint density at radius 2 is 1.96 bits per heavy atom. The third-order valence-electron chi connectivity index (χ3n) is 3.98. The molecular weight excluding hydrogens is 345 g/mol. The topological polar surface area (TPSA) is 63.5 Å². The van der Waals surface area contributed by atoms with E-state index in [1.807, 2.05) is 31.2 Å². The minimum Gasteiger partial charge on any atom is -0.310 e. The predicted octanol–water partition coefficient (Wildman–Crippen LogP) is 3.11. The number of hydrogen-bond acceptors (Lipinski definition) is 3. The molecule has 0 spiro atoms. The van der Waals surface area contributed by atoms with Gasteiger partial charge < -0.3 is 4.57 Å². The Hall–Kier alpha value is -3.54. The average Bonchev–Trinajstić information content (AvgIpc) is 2.65. The van der Waals surface area contributed by atoms with Crippen LogP contribution in [0, 0.1) is 12.7 Å². The van der Waals surface area contributed by atoms with E-state index in [9.17, 15) is 14.0 Å². The molecule has 1 amide bonds. The summed E-state index contributed by atoms with van der Waals surface area (Å²) < 4.78 is 15.0. The summed E-state index contributed by atoms with van der Waals surface area (Å²) in [6, 6.07) is 16.9. The van der Waals surface area contributed by atoms with Crippen LogP contribution in [0.15, 0.2) is 76.8 Å². The largest absolute Gasteiger partial charge is 0.310 e. The van der Waals surface area contributed by atoms with E-state index in [-0.39, 0.29) is 11.1 Å². The van der Waals surface area contributed by atoms with E-state index in [0.29, 0.717) is 6.54 Å². The average molecular weight is 363 g/mol. The number of carbonyl (C=O) groups excluding carboxylic acids is 1. The number of nitrogens with zero attached hydrogens (tertiary/aromatic N) is 2. The Morgan fingerprint density at radius 1 is 1.15 bits per heavy atom. The number of aromatic nitrogens is 1. The lowest BCUT2D eigenvalue weighted by atomic mass is 10.1. The van der Waals surface area contributed by atoms with Gasteiger partial charge in [0.2, 0.25) is 0 Å². The summed E-state index contributed by atoms with van der Waals surface area (Å²) in [6.07, 6.45) is 2.82. The van der Waals surface area contributed by atoms with Crippen LogP contribution in [0.5, 0.6) is 0 Å². The smallest absolute Gasteiger partial charge is 0.276 e. The Morgan fingerprint density at radius 3 is 2.74 bits per heavy atom. The number of carbonyl (C=O) groups is 1. The number of amides is 1. The second-order valence-corrected chi connectivity index (χ2v) is 6.06. The molecule has 136 valence electrons. The summed E-state index contributed by atoms with van der Waals surface area (Å²) in [5.41, 5.74) is 4.11. The lowest BCUT2D eigenvalue weighted by Crippen LogP contribution is -2.30. The van der Waals surface area contributed by atoms with Crippen LogP contribution < -0.4 is 11.0 Å². The molecule has 0 saturated carbocycles. The summed E-state index contributed by atoms with van der Waals surface area (Å²) >= 11 is 0. The maximum atomic E-state index is 13.5. The van der Waals surface area contributed by atoms with Crippen molar-refractivity contribution in [3.63, 3.8) is 0 Å². The predicted molar refractivity (Wildman–Crippen MR) is 102 cm³/mol. The molecule has 0 atom stereocenters. The molecule has 0 saturated heterocycles. The van der Waals surface area contributed by atoms with Crippen molar-refractivity contribution in [3.05, 3.63) is 105 Å². The monoisotopic (exact) mass is 363 g/mol. The molecule has 0 radical (unpaired) electrons. The number of hydrogen-bond donors (Lipinski definition) is 1. The highest BCUT2D eigenvalue weighted by Gasteiger charge is 2.11. The zero-order valence-electron chi connectivity index (χ0n) is 14.7. The van der Waals surface area contributed by atoms with E-state index in [1.165, 1.54) is 29.0 Å². The number of pyridine rings is 1. The first-order chi connectivity index (χ1) is 13.0. The minimum atomic E-state index is -0.647. The molecule has 0 unspecified atom stereocenters. The van der Waals surface area contributed by atoms with Gasteiger partial charge in [-0.25, -0.2) is 9.82 Å². The fourth-order valence-electron chi connectivity index (χ4n) is 2.64. The first kappa shape index (κ1) is 18.3. The fourth-order valence-corrected chi connectivity index (χ4v) is 2.64. The van der Waals surface area contributed by atoms with Crippen LogP contribution >= 0.6 is 0 Å². The van der Waals surface area contributed by atoms with Crippen molar-refractivity contribution in [2.75, 3.05) is 0 Å². The molecule has 5 nitrogen and oxygen atoms in total. The molecule has 1 aromatic heterocycles. The highest BCUT2D eigenvalue weighted by atomic mass is 19.1. The molecule has 3 rings (SSSR count). The molecule has 6 heteroatoms. The number of aryl methyl sites for hydroxylation is 1. The number of hydrazone groups is 1. The Balaban J connectivity index is 1.76. The van der Waals surface area contributed by atoms with Crippen LogP contribution in [0.25, 0.3) is 0 Å². The molecule has 0 bridgehead atoms. The van der Waals surface area contributed by atoms with Gasteiger partial charge in [0.15, 0.2) is 0 Å². The molecule has 0 fully saturated rings.